The van der Waals surface area contributed by atoms with Gasteiger partial charge in [0.2, 0.25) is 5.91 Å². The lowest BCUT2D eigenvalue weighted by Gasteiger charge is -2.06. The van der Waals surface area contributed by atoms with Crippen molar-refractivity contribution >= 4 is 11.6 Å². The Morgan fingerprint density at radius 1 is 1.33 bits per heavy atom. The number of rotatable bonds is 3. The monoisotopic (exact) mass is 248 g/mol. The quantitative estimate of drug-likeness (QED) is 0.904. The van der Waals surface area contributed by atoms with Gasteiger partial charge in [-0.05, 0) is 25.5 Å². The molecule has 2 heterocycles. The molecule has 0 spiro atoms. The third-order valence-corrected chi connectivity index (χ3v) is 2.53. The third-order valence-electron chi connectivity index (χ3n) is 2.53. The zero-order valence-electron chi connectivity index (χ0n) is 11.4. The van der Waals surface area contributed by atoms with Crippen LogP contribution in [0.1, 0.15) is 49.1 Å². The molecular formula is C13H20N4O. The van der Waals surface area contributed by atoms with Gasteiger partial charge in [0.1, 0.15) is 5.82 Å². The first-order chi connectivity index (χ1) is 8.63. The average molecular weight is 248 g/mol. The predicted molar refractivity (Wildman–Crippen MR) is 71.6 cm³/mol. The van der Waals surface area contributed by atoms with E-state index in [1.54, 1.807) is 6.07 Å². The minimum absolute atomic E-state index is 0.430. The van der Waals surface area contributed by atoms with Crippen molar-refractivity contribution < 1.29 is 4.79 Å². The molecule has 0 saturated heterocycles. The fraction of sp³-hybridized carbons (Fsp3) is 0.462. The van der Waals surface area contributed by atoms with Crippen molar-refractivity contribution in [2.45, 2.75) is 40.5 Å². The number of hydrogen-bond acceptors (Lipinski definition) is 3. The Hall–Kier alpha value is -1.91. The number of nitrogens with two attached hydrogens (primary N) is 1. The number of aromatic nitrogens is 3. The highest BCUT2D eigenvalue weighted by Gasteiger charge is 2.10. The minimum atomic E-state index is -0.430. The van der Waals surface area contributed by atoms with Gasteiger partial charge in [0.15, 0.2) is 5.65 Å². The second kappa shape index (κ2) is 6.14. The molecule has 1 amide bonds. The number of carbonyl (C=O) groups is 1. The summed E-state index contributed by atoms with van der Waals surface area (Å²) in [5, 5.41) is 8.01. The van der Waals surface area contributed by atoms with Crippen molar-refractivity contribution in [3.63, 3.8) is 0 Å². The fourth-order valence-corrected chi connectivity index (χ4v) is 1.83. The molecule has 0 saturated carbocycles. The number of pyridine rings is 1. The maximum Gasteiger partial charge on any atom is 0.248 e. The van der Waals surface area contributed by atoms with Crippen LogP contribution in [0.15, 0.2) is 12.1 Å². The summed E-state index contributed by atoms with van der Waals surface area (Å²) in [6.45, 7) is 7.98. The van der Waals surface area contributed by atoms with Crippen molar-refractivity contribution in [1.29, 1.82) is 0 Å². The Morgan fingerprint density at radius 2 is 2.00 bits per heavy atom. The van der Waals surface area contributed by atoms with Crippen LogP contribution >= 0.6 is 0 Å². The Labute approximate surface area is 107 Å². The van der Waals surface area contributed by atoms with E-state index >= 15 is 0 Å². The molecule has 18 heavy (non-hydrogen) atoms. The number of primary amides is 1. The highest BCUT2D eigenvalue weighted by Crippen LogP contribution is 2.13. The standard InChI is InChI=1S/C11H14N4O.C2H6/c1-3-4-9-5-8(11(12)16)6-10-14-13-7(2)15(9)10;1-2/h5-6H,3-4H2,1-2H3,(H2,12,16);1-2H3. The zero-order chi connectivity index (χ0) is 13.7. The van der Waals surface area contributed by atoms with E-state index in [9.17, 15) is 4.79 Å². The van der Waals surface area contributed by atoms with Crippen LogP contribution in [0.2, 0.25) is 0 Å². The van der Waals surface area contributed by atoms with Gasteiger partial charge in [-0.1, -0.05) is 27.2 Å². The van der Waals surface area contributed by atoms with Gasteiger partial charge in [-0.3, -0.25) is 9.20 Å². The molecule has 0 aliphatic rings. The van der Waals surface area contributed by atoms with E-state index in [0.29, 0.717) is 11.2 Å². The molecule has 2 N–H and O–H groups in total. The van der Waals surface area contributed by atoms with Crippen LogP contribution in [-0.2, 0) is 6.42 Å². The second-order valence-electron chi connectivity index (χ2n) is 3.79. The van der Waals surface area contributed by atoms with Crippen LogP contribution in [-0.4, -0.2) is 20.5 Å². The molecule has 0 aromatic carbocycles. The molecule has 2 rings (SSSR count). The fourth-order valence-electron chi connectivity index (χ4n) is 1.83. The Balaban J connectivity index is 0.000000771. The maximum absolute atomic E-state index is 11.2. The number of fused-ring (bicyclic) bond motifs is 1. The van der Waals surface area contributed by atoms with Crippen LogP contribution in [0.4, 0.5) is 0 Å². The summed E-state index contributed by atoms with van der Waals surface area (Å²) in [5.74, 6) is 0.398. The van der Waals surface area contributed by atoms with Crippen LogP contribution in [0.5, 0.6) is 0 Å². The lowest BCUT2D eigenvalue weighted by Crippen LogP contribution is -2.13. The minimum Gasteiger partial charge on any atom is -0.366 e. The first kappa shape index (κ1) is 14.2. The van der Waals surface area contributed by atoms with Gasteiger partial charge < -0.3 is 5.73 Å². The summed E-state index contributed by atoms with van der Waals surface area (Å²) in [7, 11) is 0. The highest BCUT2D eigenvalue weighted by atomic mass is 16.1. The van der Waals surface area contributed by atoms with E-state index in [1.807, 2.05) is 31.2 Å². The summed E-state index contributed by atoms with van der Waals surface area (Å²) >= 11 is 0. The molecule has 98 valence electrons. The van der Waals surface area contributed by atoms with E-state index in [1.165, 1.54) is 0 Å². The third kappa shape index (κ3) is 2.67. The number of hydrogen-bond donors (Lipinski definition) is 1. The number of carbonyl (C=O) groups excluding carboxylic acids is 1. The van der Waals surface area contributed by atoms with Crippen LogP contribution in [0.25, 0.3) is 5.65 Å². The van der Waals surface area contributed by atoms with E-state index in [4.69, 9.17) is 5.73 Å². The van der Waals surface area contributed by atoms with E-state index in [0.717, 1.165) is 24.4 Å². The normalized spacial score (nSPS) is 10.0. The first-order valence-corrected chi connectivity index (χ1v) is 6.28. The molecule has 0 bridgehead atoms. The van der Waals surface area contributed by atoms with Gasteiger partial charge in [0.05, 0.1) is 0 Å². The second-order valence-corrected chi connectivity index (χ2v) is 3.79. The molecule has 5 nitrogen and oxygen atoms in total. The van der Waals surface area contributed by atoms with Gasteiger partial charge in [-0.2, -0.15) is 0 Å². The molecule has 0 unspecified atom stereocenters. The number of nitrogens with zero attached hydrogens (tertiary/aromatic N) is 3. The highest BCUT2D eigenvalue weighted by molar-refractivity contribution is 5.93. The molecule has 0 aliphatic carbocycles. The van der Waals surface area contributed by atoms with Crippen molar-refractivity contribution in [1.82, 2.24) is 14.6 Å². The van der Waals surface area contributed by atoms with E-state index < -0.39 is 5.91 Å². The molecule has 5 heteroatoms. The predicted octanol–water partition coefficient (Wildman–Crippen LogP) is 2.12. The summed E-state index contributed by atoms with van der Waals surface area (Å²) < 4.78 is 1.95. The van der Waals surface area contributed by atoms with Crippen molar-refractivity contribution in [3.05, 3.63) is 29.2 Å². The van der Waals surface area contributed by atoms with Crippen molar-refractivity contribution in [3.8, 4) is 0 Å². The van der Waals surface area contributed by atoms with E-state index in [2.05, 4.69) is 17.1 Å². The molecule has 0 aliphatic heterocycles. The molecule has 2 aromatic heterocycles. The molecule has 0 atom stereocenters. The lowest BCUT2D eigenvalue weighted by molar-refractivity contribution is 0.1000. The Morgan fingerprint density at radius 3 is 2.56 bits per heavy atom. The van der Waals surface area contributed by atoms with Crippen molar-refractivity contribution in [2.75, 3.05) is 0 Å². The SMILES string of the molecule is CC.CCCc1cc(C(N)=O)cc2nnc(C)n12. The van der Waals surface area contributed by atoms with Crippen LogP contribution in [0.3, 0.4) is 0 Å². The van der Waals surface area contributed by atoms with Crippen molar-refractivity contribution in [2.24, 2.45) is 5.73 Å². The van der Waals surface area contributed by atoms with Gasteiger partial charge in [0.25, 0.3) is 0 Å². The van der Waals surface area contributed by atoms with Crippen LogP contribution < -0.4 is 5.73 Å². The summed E-state index contributed by atoms with van der Waals surface area (Å²) in [4.78, 5) is 11.2. The van der Waals surface area contributed by atoms with Gasteiger partial charge in [-0.25, -0.2) is 0 Å². The largest absolute Gasteiger partial charge is 0.366 e. The smallest absolute Gasteiger partial charge is 0.248 e. The zero-order valence-corrected chi connectivity index (χ0v) is 11.4. The molecule has 2 aromatic rings. The Kier molecular flexibility index (Phi) is 4.83. The lowest BCUT2D eigenvalue weighted by atomic mass is 10.1. The molecular weight excluding hydrogens is 228 g/mol. The maximum atomic E-state index is 11.2. The number of amides is 1. The average Bonchev–Trinajstić information content (AvgIpc) is 2.74. The topological polar surface area (TPSA) is 73.3 Å². The van der Waals surface area contributed by atoms with Crippen LogP contribution in [0, 0.1) is 6.92 Å². The van der Waals surface area contributed by atoms with Gasteiger partial charge in [0, 0.05) is 11.3 Å². The molecule has 0 fully saturated rings. The van der Waals surface area contributed by atoms with E-state index in [-0.39, 0.29) is 0 Å². The molecule has 0 radical (unpaired) electrons. The summed E-state index contributed by atoms with van der Waals surface area (Å²) in [6.07, 6.45) is 1.87. The summed E-state index contributed by atoms with van der Waals surface area (Å²) in [6, 6.07) is 3.48. The summed E-state index contributed by atoms with van der Waals surface area (Å²) in [5.41, 5.74) is 7.47. The first-order valence-electron chi connectivity index (χ1n) is 6.28. The van der Waals surface area contributed by atoms with Gasteiger partial charge >= 0.3 is 0 Å². The van der Waals surface area contributed by atoms with Gasteiger partial charge in [-0.15, -0.1) is 10.2 Å². The number of aryl methyl sites for hydroxylation is 2. The Bertz CT molecular complexity index is 545.